The van der Waals surface area contributed by atoms with E-state index in [0.717, 1.165) is 17.7 Å². The van der Waals surface area contributed by atoms with Crippen molar-refractivity contribution in [3.05, 3.63) is 29.3 Å². The molecule has 0 saturated carbocycles. The average molecular weight is 251 g/mol. The molecule has 3 nitrogen and oxygen atoms in total. The maximum absolute atomic E-state index is 9.97. The van der Waals surface area contributed by atoms with Crippen LogP contribution >= 0.6 is 0 Å². The fourth-order valence-electron chi connectivity index (χ4n) is 1.87. The maximum Gasteiger partial charge on any atom is 0.120 e. The molecule has 1 atom stereocenters. The van der Waals surface area contributed by atoms with Gasteiger partial charge >= 0.3 is 0 Å². The third-order valence-electron chi connectivity index (χ3n) is 3.19. The molecule has 0 aliphatic rings. The molecule has 0 heterocycles. The molecule has 1 rings (SSSR count). The van der Waals surface area contributed by atoms with Gasteiger partial charge in [0.2, 0.25) is 0 Å². The highest BCUT2D eigenvalue weighted by Crippen LogP contribution is 2.28. The number of phenolic OH excluding ortho intramolecular Hbond substituents is 1. The average Bonchev–Trinajstić information content (AvgIpc) is 2.27. The fourth-order valence-corrected chi connectivity index (χ4v) is 1.87. The number of aryl methyl sites for hydroxylation is 1. The number of hydrogen-bond acceptors (Lipinski definition) is 3. The van der Waals surface area contributed by atoms with Gasteiger partial charge in [0, 0.05) is 18.2 Å². The molecule has 0 fully saturated rings. The number of rotatable bonds is 6. The Balaban J connectivity index is 2.59. The lowest BCUT2D eigenvalue weighted by atomic mass is 10.0. The first-order chi connectivity index (χ1) is 8.41. The summed E-state index contributed by atoms with van der Waals surface area (Å²) in [4.78, 5) is 2.19. The molecule has 102 valence electrons. The van der Waals surface area contributed by atoms with Crippen LogP contribution in [-0.2, 0) is 4.74 Å². The van der Waals surface area contributed by atoms with Crippen molar-refractivity contribution >= 4 is 0 Å². The van der Waals surface area contributed by atoms with Gasteiger partial charge in [0.05, 0.1) is 12.7 Å². The first-order valence-electron chi connectivity index (χ1n) is 6.53. The number of ether oxygens (including phenoxy) is 1. The first kappa shape index (κ1) is 15.0. The Kier molecular flexibility index (Phi) is 5.63. The molecule has 0 amide bonds. The predicted octanol–water partition coefficient (Wildman–Crippen LogP) is 3.12. The molecular formula is C15H25NO2. The molecule has 0 radical (unpaired) electrons. The molecule has 1 unspecified atom stereocenters. The van der Waals surface area contributed by atoms with Crippen LogP contribution in [0.25, 0.3) is 0 Å². The Bertz CT molecular complexity index is 377. The molecule has 0 bridgehead atoms. The zero-order chi connectivity index (χ0) is 13.7. The van der Waals surface area contributed by atoms with E-state index in [2.05, 4.69) is 11.8 Å². The van der Waals surface area contributed by atoms with Crippen molar-refractivity contribution in [2.24, 2.45) is 0 Å². The molecule has 0 aliphatic heterocycles. The topological polar surface area (TPSA) is 32.7 Å². The fraction of sp³-hybridized carbons (Fsp3) is 0.600. The van der Waals surface area contributed by atoms with Crippen LogP contribution < -0.4 is 0 Å². The molecule has 18 heavy (non-hydrogen) atoms. The number of likely N-dealkylation sites (N-methyl/N-ethyl adjacent to an activating group) is 1. The zero-order valence-electron chi connectivity index (χ0n) is 12.1. The lowest BCUT2D eigenvalue weighted by Gasteiger charge is -2.26. The van der Waals surface area contributed by atoms with Crippen molar-refractivity contribution in [1.29, 1.82) is 0 Å². The molecule has 1 N–H and O–H groups in total. The van der Waals surface area contributed by atoms with E-state index in [-0.39, 0.29) is 12.1 Å². The van der Waals surface area contributed by atoms with Crippen molar-refractivity contribution in [2.45, 2.75) is 39.8 Å². The van der Waals surface area contributed by atoms with Gasteiger partial charge in [0.1, 0.15) is 5.75 Å². The van der Waals surface area contributed by atoms with Crippen molar-refractivity contribution < 1.29 is 9.84 Å². The Morgan fingerprint density at radius 1 is 1.28 bits per heavy atom. The van der Waals surface area contributed by atoms with Gasteiger partial charge < -0.3 is 9.84 Å². The van der Waals surface area contributed by atoms with Gasteiger partial charge in [-0.2, -0.15) is 0 Å². The zero-order valence-corrected chi connectivity index (χ0v) is 12.1. The van der Waals surface area contributed by atoms with Crippen LogP contribution in [0.1, 0.15) is 37.9 Å². The van der Waals surface area contributed by atoms with Gasteiger partial charge in [-0.1, -0.05) is 12.1 Å². The van der Waals surface area contributed by atoms with Crippen LogP contribution in [0.2, 0.25) is 0 Å². The van der Waals surface area contributed by atoms with E-state index >= 15 is 0 Å². The van der Waals surface area contributed by atoms with Gasteiger partial charge in [-0.05, 0) is 46.4 Å². The van der Waals surface area contributed by atoms with Gasteiger partial charge in [0.15, 0.2) is 0 Å². The van der Waals surface area contributed by atoms with Gasteiger partial charge in [-0.25, -0.2) is 0 Å². The van der Waals surface area contributed by atoms with E-state index in [1.165, 1.54) is 0 Å². The summed E-state index contributed by atoms with van der Waals surface area (Å²) < 4.78 is 5.54. The summed E-state index contributed by atoms with van der Waals surface area (Å²) in [5.41, 5.74) is 2.04. The van der Waals surface area contributed by atoms with Gasteiger partial charge in [0.25, 0.3) is 0 Å². The second-order valence-electron chi connectivity index (χ2n) is 5.14. The molecule has 0 aromatic heterocycles. The molecule has 1 aromatic rings. The Hall–Kier alpha value is -1.06. The van der Waals surface area contributed by atoms with E-state index in [4.69, 9.17) is 4.74 Å². The minimum absolute atomic E-state index is 0.182. The van der Waals surface area contributed by atoms with Gasteiger partial charge in [-0.3, -0.25) is 4.90 Å². The summed E-state index contributed by atoms with van der Waals surface area (Å²) >= 11 is 0. The molecule has 0 saturated heterocycles. The minimum Gasteiger partial charge on any atom is -0.508 e. The monoisotopic (exact) mass is 251 g/mol. The van der Waals surface area contributed by atoms with Crippen LogP contribution in [-0.4, -0.2) is 36.3 Å². The normalized spacial score (nSPS) is 13.3. The van der Waals surface area contributed by atoms with E-state index in [1.54, 1.807) is 0 Å². The Labute approximate surface area is 110 Å². The van der Waals surface area contributed by atoms with E-state index in [0.29, 0.717) is 12.4 Å². The SMILES string of the molecule is Cc1ccc(C(C)N(C)CCOC(C)C)c(O)c1. The third kappa shape index (κ3) is 4.31. The second kappa shape index (κ2) is 6.76. The highest BCUT2D eigenvalue weighted by atomic mass is 16.5. The number of nitrogens with zero attached hydrogens (tertiary/aromatic N) is 1. The molecule has 3 heteroatoms. The largest absolute Gasteiger partial charge is 0.508 e. The van der Waals surface area contributed by atoms with Crippen LogP contribution in [0.15, 0.2) is 18.2 Å². The predicted molar refractivity (Wildman–Crippen MR) is 75.0 cm³/mol. The molecule has 1 aromatic carbocycles. The maximum atomic E-state index is 9.97. The summed E-state index contributed by atoms with van der Waals surface area (Å²) in [7, 11) is 2.05. The van der Waals surface area contributed by atoms with Crippen LogP contribution in [0, 0.1) is 6.92 Å². The smallest absolute Gasteiger partial charge is 0.120 e. The molecule has 0 spiro atoms. The molecular weight excluding hydrogens is 226 g/mol. The Morgan fingerprint density at radius 3 is 2.50 bits per heavy atom. The molecule has 0 aliphatic carbocycles. The van der Waals surface area contributed by atoms with Crippen molar-refractivity contribution in [3.8, 4) is 5.75 Å². The summed E-state index contributed by atoms with van der Waals surface area (Å²) in [6, 6.07) is 6.02. The number of aromatic hydroxyl groups is 1. The summed E-state index contributed by atoms with van der Waals surface area (Å²) in [6.07, 6.45) is 0.265. The van der Waals surface area contributed by atoms with Crippen molar-refractivity contribution in [1.82, 2.24) is 4.90 Å². The number of phenols is 1. The van der Waals surface area contributed by atoms with E-state index in [9.17, 15) is 5.11 Å². The van der Waals surface area contributed by atoms with E-state index in [1.807, 2.05) is 46.0 Å². The number of benzene rings is 1. The Morgan fingerprint density at radius 2 is 1.94 bits per heavy atom. The minimum atomic E-state index is 0.182. The second-order valence-corrected chi connectivity index (χ2v) is 5.14. The number of hydrogen-bond donors (Lipinski definition) is 1. The van der Waals surface area contributed by atoms with Crippen LogP contribution in [0.5, 0.6) is 5.75 Å². The lowest BCUT2D eigenvalue weighted by Crippen LogP contribution is -2.27. The first-order valence-corrected chi connectivity index (χ1v) is 6.53. The van der Waals surface area contributed by atoms with Gasteiger partial charge in [-0.15, -0.1) is 0 Å². The summed E-state index contributed by atoms with van der Waals surface area (Å²) in [5, 5.41) is 9.97. The van der Waals surface area contributed by atoms with Crippen LogP contribution in [0.4, 0.5) is 0 Å². The highest BCUT2D eigenvalue weighted by molar-refractivity contribution is 5.37. The summed E-state index contributed by atoms with van der Waals surface area (Å²) in [5.74, 6) is 0.374. The summed E-state index contributed by atoms with van der Waals surface area (Å²) in [6.45, 7) is 9.72. The standard InChI is InChI=1S/C15H25NO2/c1-11(2)18-9-8-16(5)13(4)14-7-6-12(3)10-15(14)17/h6-7,10-11,13,17H,8-9H2,1-5H3. The lowest BCUT2D eigenvalue weighted by molar-refractivity contribution is 0.0571. The van der Waals surface area contributed by atoms with Crippen molar-refractivity contribution in [2.75, 3.05) is 20.2 Å². The quantitative estimate of drug-likeness (QED) is 0.843. The third-order valence-corrected chi connectivity index (χ3v) is 3.19. The van der Waals surface area contributed by atoms with E-state index < -0.39 is 0 Å². The van der Waals surface area contributed by atoms with Crippen molar-refractivity contribution in [3.63, 3.8) is 0 Å². The van der Waals surface area contributed by atoms with Crippen LogP contribution in [0.3, 0.4) is 0 Å². The highest BCUT2D eigenvalue weighted by Gasteiger charge is 2.15.